The highest BCUT2D eigenvalue weighted by atomic mass is 31.2. The lowest BCUT2D eigenvalue weighted by atomic mass is 9.83. The molecule has 0 spiro atoms. The van der Waals surface area contributed by atoms with Gasteiger partial charge < -0.3 is 14.9 Å². The topological polar surface area (TPSA) is 77.8 Å². The van der Waals surface area contributed by atoms with Crippen LogP contribution in [-0.4, -0.2) is 14.9 Å². The van der Waals surface area contributed by atoms with E-state index in [1.54, 1.807) is 19.1 Å². The van der Waals surface area contributed by atoms with Crippen LogP contribution in [0.5, 0.6) is 5.75 Å². The summed E-state index contributed by atoms with van der Waals surface area (Å²) in [5.41, 5.74) is 0.989. The fourth-order valence-electron chi connectivity index (χ4n) is 4.99. The Balaban J connectivity index is 2.29. The second kappa shape index (κ2) is 16.8. The van der Waals surface area contributed by atoms with Gasteiger partial charge in [-0.05, 0) is 35.4 Å². The smallest absolute Gasteiger partial charge is 0.332 e. The molecule has 1 unspecified atom stereocenters. The van der Waals surface area contributed by atoms with Crippen LogP contribution in [0.3, 0.4) is 0 Å². The number of phenols is 1. The predicted molar refractivity (Wildman–Crippen MR) is 150 cm³/mol. The summed E-state index contributed by atoms with van der Waals surface area (Å²) >= 11 is 0. The van der Waals surface area contributed by atoms with Gasteiger partial charge in [0.25, 0.3) is 0 Å². The average Bonchev–Trinajstić information content (AvgIpc) is 2.76. The van der Waals surface area contributed by atoms with Crippen LogP contribution >= 0.6 is 7.60 Å². The van der Waals surface area contributed by atoms with E-state index >= 15 is 0 Å². The van der Waals surface area contributed by atoms with Crippen molar-refractivity contribution in [2.45, 2.75) is 155 Å². The molecule has 1 rings (SSSR count). The van der Waals surface area contributed by atoms with Crippen molar-refractivity contribution in [3.63, 3.8) is 0 Å². The molecule has 0 aliphatic rings. The summed E-state index contributed by atoms with van der Waals surface area (Å²) in [5.74, 6) is 0.230. The van der Waals surface area contributed by atoms with E-state index in [1.165, 1.54) is 83.5 Å². The zero-order chi connectivity index (χ0) is 26.3. The molecule has 35 heavy (non-hydrogen) atoms. The van der Waals surface area contributed by atoms with Crippen LogP contribution in [0.2, 0.25) is 0 Å². The molecule has 0 saturated carbocycles. The number of aromatic hydroxyl groups is 1. The first-order valence-electron chi connectivity index (χ1n) is 14.4. The lowest BCUT2D eigenvalue weighted by Gasteiger charge is -2.26. The van der Waals surface area contributed by atoms with Crippen molar-refractivity contribution in [2.75, 3.05) is 0 Å². The predicted octanol–water partition coefficient (Wildman–Crippen LogP) is 9.87. The second-order valence-electron chi connectivity index (χ2n) is 11.7. The molecule has 0 amide bonds. The third-order valence-electron chi connectivity index (χ3n) is 7.25. The van der Waals surface area contributed by atoms with Gasteiger partial charge in [0, 0.05) is 0 Å². The maximum atomic E-state index is 12.3. The molecule has 5 heteroatoms. The molecule has 3 N–H and O–H groups in total. The van der Waals surface area contributed by atoms with Gasteiger partial charge >= 0.3 is 7.60 Å². The molecule has 0 saturated heterocycles. The van der Waals surface area contributed by atoms with Crippen molar-refractivity contribution in [1.29, 1.82) is 0 Å². The van der Waals surface area contributed by atoms with E-state index in [-0.39, 0.29) is 11.2 Å². The average molecular weight is 511 g/mol. The molecule has 0 heterocycles. The second-order valence-corrected chi connectivity index (χ2v) is 13.5. The quantitative estimate of drug-likeness (QED) is 0.128. The first kappa shape index (κ1) is 32.2. The fraction of sp³-hybridized carbons (Fsp3) is 0.800. The van der Waals surface area contributed by atoms with E-state index in [9.17, 15) is 19.5 Å². The third kappa shape index (κ3) is 13.3. The molecule has 1 aromatic rings. The van der Waals surface area contributed by atoms with Crippen LogP contribution in [0.25, 0.3) is 0 Å². The van der Waals surface area contributed by atoms with Crippen molar-refractivity contribution in [1.82, 2.24) is 0 Å². The first-order chi connectivity index (χ1) is 16.5. The van der Waals surface area contributed by atoms with Crippen LogP contribution in [-0.2, 0) is 9.98 Å². The zero-order valence-corrected chi connectivity index (χ0v) is 24.3. The molecule has 0 bridgehead atoms. The van der Waals surface area contributed by atoms with Gasteiger partial charge in [-0.15, -0.1) is 0 Å². The van der Waals surface area contributed by atoms with Crippen molar-refractivity contribution >= 4 is 7.60 Å². The molecule has 204 valence electrons. The van der Waals surface area contributed by atoms with Crippen LogP contribution in [0.1, 0.15) is 159 Å². The van der Waals surface area contributed by atoms with Crippen molar-refractivity contribution in [3.05, 3.63) is 28.8 Å². The minimum Gasteiger partial charge on any atom is -0.507 e. The number of aryl methyl sites for hydroxylation is 1. The number of rotatable bonds is 19. The number of hydrogen-bond donors (Lipinski definition) is 3. The Morgan fingerprint density at radius 2 is 1.14 bits per heavy atom. The summed E-state index contributed by atoms with van der Waals surface area (Å²) in [5, 5.41) is 10.5. The lowest BCUT2D eigenvalue weighted by Crippen LogP contribution is -2.13. The van der Waals surface area contributed by atoms with E-state index in [4.69, 9.17) is 0 Å². The van der Waals surface area contributed by atoms with Gasteiger partial charge in [0.05, 0.1) is 5.66 Å². The minimum atomic E-state index is -4.28. The zero-order valence-electron chi connectivity index (χ0n) is 23.4. The highest BCUT2D eigenvalue weighted by Gasteiger charge is 2.32. The van der Waals surface area contributed by atoms with E-state index < -0.39 is 13.3 Å². The standard InChI is InChI=1S/C30H55O4P/c1-6-7-8-9-10-11-12-13-14-15-16-17-18-19-20-21-22-28(35(32,33)34)26-23-25(2)29(31)27(24-26)30(3,4)5/h23-24,28,31H,6-22H2,1-5H3,(H2,32,33,34). The number of hydrogen-bond acceptors (Lipinski definition) is 2. The molecule has 0 aliphatic carbocycles. The number of phenolic OH excluding ortho intramolecular Hbond substituents is 1. The van der Waals surface area contributed by atoms with Gasteiger partial charge in [-0.3, -0.25) is 4.57 Å². The summed E-state index contributed by atoms with van der Waals surface area (Å²) < 4.78 is 12.3. The van der Waals surface area contributed by atoms with Crippen molar-refractivity contribution in [2.24, 2.45) is 0 Å². The Labute approximate surface area is 216 Å². The Morgan fingerprint density at radius 1 is 0.743 bits per heavy atom. The highest BCUT2D eigenvalue weighted by molar-refractivity contribution is 7.52. The first-order valence-corrected chi connectivity index (χ1v) is 16.1. The molecule has 0 aliphatic heterocycles. The van der Waals surface area contributed by atoms with E-state index in [1.807, 2.05) is 20.8 Å². The molecule has 0 aromatic heterocycles. The number of benzene rings is 1. The van der Waals surface area contributed by atoms with E-state index in [0.717, 1.165) is 24.8 Å². The highest BCUT2D eigenvalue weighted by Crippen LogP contribution is 2.55. The van der Waals surface area contributed by atoms with Crippen LogP contribution in [0.4, 0.5) is 0 Å². The van der Waals surface area contributed by atoms with Gasteiger partial charge in [-0.2, -0.15) is 0 Å². The van der Waals surface area contributed by atoms with E-state index in [2.05, 4.69) is 6.92 Å². The van der Waals surface area contributed by atoms with Crippen LogP contribution < -0.4 is 0 Å². The molecule has 4 nitrogen and oxygen atoms in total. The summed E-state index contributed by atoms with van der Waals surface area (Å²) in [4.78, 5) is 20.1. The van der Waals surface area contributed by atoms with Gasteiger partial charge in [0.2, 0.25) is 0 Å². The Morgan fingerprint density at radius 3 is 1.51 bits per heavy atom. The van der Waals surface area contributed by atoms with E-state index in [0.29, 0.717) is 17.5 Å². The molecule has 1 aromatic carbocycles. The van der Waals surface area contributed by atoms with Gasteiger partial charge in [-0.25, -0.2) is 0 Å². The fourth-order valence-corrected chi connectivity index (χ4v) is 6.04. The SMILES string of the molecule is CCCCCCCCCCCCCCCCCCC(c1cc(C)c(O)c(C(C)(C)C)c1)P(=O)(O)O. The number of unbranched alkanes of at least 4 members (excludes halogenated alkanes) is 15. The molecule has 0 radical (unpaired) electrons. The summed E-state index contributed by atoms with van der Waals surface area (Å²) in [7, 11) is -4.28. The van der Waals surface area contributed by atoms with Crippen molar-refractivity contribution in [3.8, 4) is 5.75 Å². The largest absolute Gasteiger partial charge is 0.507 e. The summed E-state index contributed by atoms with van der Waals surface area (Å²) in [6.07, 6.45) is 21.1. The van der Waals surface area contributed by atoms with Gasteiger partial charge in [-0.1, -0.05) is 143 Å². The summed E-state index contributed by atoms with van der Waals surface area (Å²) in [6.45, 7) is 10.1. The maximum absolute atomic E-state index is 12.3. The molecular weight excluding hydrogens is 455 g/mol. The van der Waals surface area contributed by atoms with Crippen LogP contribution in [0, 0.1) is 6.92 Å². The molecule has 0 fully saturated rings. The Kier molecular flexibility index (Phi) is 15.5. The normalized spacial score (nSPS) is 13.3. The monoisotopic (exact) mass is 510 g/mol. The molecular formula is C30H55O4P. The lowest BCUT2D eigenvalue weighted by molar-refractivity contribution is 0.353. The third-order valence-corrected chi connectivity index (χ3v) is 8.62. The van der Waals surface area contributed by atoms with Gasteiger partial charge in [0.1, 0.15) is 5.75 Å². The van der Waals surface area contributed by atoms with Crippen molar-refractivity contribution < 1.29 is 19.5 Å². The van der Waals surface area contributed by atoms with Crippen LogP contribution in [0.15, 0.2) is 12.1 Å². The molecule has 1 atom stereocenters. The summed E-state index contributed by atoms with van der Waals surface area (Å²) in [6, 6.07) is 3.55. The van der Waals surface area contributed by atoms with Gasteiger partial charge in [0.15, 0.2) is 0 Å². The maximum Gasteiger partial charge on any atom is 0.332 e. The minimum absolute atomic E-state index is 0.230. The Bertz CT molecular complexity index is 747. The Hall–Kier alpha value is -0.830.